The molecular formula is C20H23BrN4O5. The zero-order chi connectivity index (χ0) is 21.7. The lowest BCUT2D eigenvalue weighted by Crippen LogP contribution is -2.26. The molecule has 0 aliphatic heterocycles. The van der Waals surface area contributed by atoms with E-state index >= 15 is 0 Å². The summed E-state index contributed by atoms with van der Waals surface area (Å²) < 4.78 is 23.7. The summed E-state index contributed by atoms with van der Waals surface area (Å²) in [5, 5.41) is 5.49. The number of carbonyl (C=O) groups is 1. The first kappa shape index (κ1) is 21.8. The first-order chi connectivity index (χ1) is 14.3. The number of nitrogens with zero attached hydrogens (tertiary/aromatic N) is 4. The van der Waals surface area contributed by atoms with E-state index in [0.29, 0.717) is 46.0 Å². The molecule has 0 saturated carbocycles. The van der Waals surface area contributed by atoms with E-state index in [1.165, 1.54) is 17.2 Å². The largest absolute Gasteiger partial charge is 0.493 e. The summed E-state index contributed by atoms with van der Waals surface area (Å²) >= 11 is 3.33. The molecule has 0 spiro atoms. The third-order valence-corrected chi connectivity index (χ3v) is 4.08. The van der Waals surface area contributed by atoms with Crippen molar-refractivity contribution in [2.24, 2.45) is 0 Å². The van der Waals surface area contributed by atoms with Crippen LogP contribution in [-0.2, 0) is 16.1 Å². The number of carbonyl (C=O) groups excluding carboxylic acids is 1. The second-order valence-corrected chi connectivity index (χ2v) is 8.09. The molecule has 0 amide bonds. The number of alkyl halides is 1. The molecule has 0 atom stereocenters. The third kappa shape index (κ3) is 5.59. The second kappa shape index (κ2) is 9.29. The van der Waals surface area contributed by atoms with Crippen LogP contribution in [0.4, 0.5) is 0 Å². The lowest BCUT2D eigenvalue weighted by Gasteiger charge is -2.19. The molecule has 3 rings (SSSR count). The van der Waals surface area contributed by atoms with Crippen LogP contribution in [0.3, 0.4) is 0 Å². The molecule has 1 aromatic carbocycles. The lowest BCUT2D eigenvalue weighted by molar-refractivity contribution is -0.155. The van der Waals surface area contributed by atoms with E-state index in [9.17, 15) is 4.79 Å². The number of fused-ring (bicyclic) bond motifs is 1. The number of esters is 1. The van der Waals surface area contributed by atoms with Crippen molar-refractivity contribution in [3.63, 3.8) is 0 Å². The van der Waals surface area contributed by atoms with Crippen LogP contribution >= 0.6 is 15.9 Å². The minimum Gasteiger partial charge on any atom is -0.493 e. The monoisotopic (exact) mass is 478 g/mol. The molecule has 0 fully saturated rings. The Hall–Kier alpha value is -2.88. The molecule has 0 aliphatic carbocycles. The van der Waals surface area contributed by atoms with E-state index in [-0.39, 0.29) is 12.5 Å². The van der Waals surface area contributed by atoms with Gasteiger partial charge >= 0.3 is 5.97 Å². The highest BCUT2D eigenvalue weighted by molar-refractivity contribution is 9.09. The minimum atomic E-state index is -0.556. The fraction of sp³-hybridized carbons (Fsp3) is 0.400. The van der Waals surface area contributed by atoms with Crippen LogP contribution in [0.15, 0.2) is 30.9 Å². The molecule has 2 aromatic heterocycles. The Labute approximate surface area is 182 Å². The zero-order valence-corrected chi connectivity index (χ0v) is 18.8. The maximum atomic E-state index is 12.0. The van der Waals surface area contributed by atoms with E-state index in [4.69, 9.17) is 18.9 Å². The Kier molecular flexibility index (Phi) is 6.76. The highest BCUT2D eigenvalue weighted by atomic mass is 79.9. The second-order valence-electron chi connectivity index (χ2n) is 7.30. The van der Waals surface area contributed by atoms with E-state index < -0.39 is 5.60 Å². The van der Waals surface area contributed by atoms with Crippen molar-refractivity contribution in [2.75, 3.05) is 19.0 Å². The number of benzene rings is 1. The van der Waals surface area contributed by atoms with Crippen LogP contribution in [0, 0.1) is 0 Å². The van der Waals surface area contributed by atoms with Crippen molar-refractivity contribution in [1.29, 1.82) is 0 Å². The van der Waals surface area contributed by atoms with Gasteiger partial charge in [-0.05, 0) is 26.8 Å². The highest BCUT2D eigenvalue weighted by Crippen LogP contribution is 2.35. The Morgan fingerprint density at radius 3 is 2.70 bits per heavy atom. The normalized spacial score (nSPS) is 11.4. The molecular weight excluding hydrogens is 456 g/mol. The van der Waals surface area contributed by atoms with E-state index in [1.807, 2.05) is 20.8 Å². The number of aromatic nitrogens is 4. The van der Waals surface area contributed by atoms with Gasteiger partial charge < -0.3 is 18.9 Å². The number of hydrogen-bond donors (Lipinski definition) is 0. The van der Waals surface area contributed by atoms with Crippen molar-refractivity contribution in [3.8, 4) is 23.1 Å². The predicted octanol–water partition coefficient (Wildman–Crippen LogP) is 3.74. The fourth-order valence-corrected chi connectivity index (χ4v) is 2.81. The van der Waals surface area contributed by atoms with E-state index in [1.54, 1.807) is 25.4 Å². The summed E-state index contributed by atoms with van der Waals surface area (Å²) in [5.41, 5.74) is 0.0889. The Morgan fingerprint density at radius 1 is 1.20 bits per heavy atom. The summed E-state index contributed by atoms with van der Waals surface area (Å²) in [6.45, 7) is 5.91. The average molecular weight is 479 g/mol. The smallest absolute Gasteiger partial charge is 0.328 e. The van der Waals surface area contributed by atoms with Gasteiger partial charge in [0.05, 0.1) is 37.0 Å². The molecule has 160 valence electrons. The van der Waals surface area contributed by atoms with Gasteiger partial charge in [0.15, 0.2) is 17.2 Å². The molecule has 0 aliphatic rings. The Bertz CT molecular complexity index is 1030. The SMILES string of the molecule is COc1cc2c(Oc3cnn(CC(=O)OC(C)(C)C)c3)ncnc2cc1OCCBr. The van der Waals surface area contributed by atoms with Crippen LogP contribution in [0.5, 0.6) is 23.1 Å². The van der Waals surface area contributed by atoms with Crippen LogP contribution in [-0.4, -0.2) is 50.4 Å². The molecule has 0 radical (unpaired) electrons. The molecule has 0 N–H and O–H groups in total. The first-order valence-electron chi connectivity index (χ1n) is 9.22. The summed E-state index contributed by atoms with van der Waals surface area (Å²) in [6, 6.07) is 3.54. The van der Waals surface area contributed by atoms with Crippen LogP contribution in [0.2, 0.25) is 0 Å². The Balaban J connectivity index is 1.81. The van der Waals surface area contributed by atoms with Crippen molar-refractivity contribution in [1.82, 2.24) is 19.7 Å². The number of halogens is 1. The number of hydrogen-bond acceptors (Lipinski definition) is 8. The fourth-order valence-electron chi connectivity index (χ4n) is 2.64. The van der Waals surface area contributed by atoms with E-state index in [2.05, 4.69) is 31.0 Å². The number of ether oxygens (including phenoxy) is 4. The van der Waals surface area contributed by atoms with Gasteiger partial charge in [0.2, 0.25) is 5.88 Å². The molecule has 0 unspecified atom stereocenters. The van der Waals surface area contributed by atoms with Crippen LogP contribution in [0.1, 0.15) is 20.8 Å². The van der Waals surface area contributed by atoms with Gasteiger partial charge in [-0.25, -0.2) is 9.97 Å². The zero-order valence-electron chi connectivity index (χ0n) is 17.2. The van der Waals surface area contributed by atoms with Crippen LogP contribution < -0.4 is 14.2 Å². The van der Waals surface area contributed by atoms with Gasteiger partial charge in [-0.2, -0.15) is 5.10 Å². The molecule has 2 heterocycles. The lowest BCUT2D eigenvalue weighted by atomic mass is 10.2. The van der Waals surface area contributed by atoms with Gasteiger partial charge in [0.1, 0.15) is 18.5 Å². The average Bonchev–Trinajstić information content (AvgIpc) is 3.11. The minimum absolute atomic E-state index is 0.0206. The van der Waals surface area contributed by atoms with Crippen molar-refractivity contribution < 1.29 is 23.7 Å². The highest BCUT2D eigenvalue weighted by Gasteiger charge is 2.18. The van der Waals surface area contributed by atoms with Gasteiger partial charge in [-0.1, -0.05) is 15.9 Å². The Morgan fingerprint density at radius 2 is 2.00 bits per heavy atom. The van der Waals surface area contributed by atoms with Crippen molar-refractivity contribution >= 4 is 32.8 Å². The van der Waals surface area contributed by atoms with Gasteiger partial charge in [-0.15, -0.1) is 0 Å². The van der Waals surface area contributed by atoms with Crippen molar-refractivity contribution in [3.05, 3.63) is 30.9 Å². The summed E-state index contributed by atoms with van der Waals surface area (Å²) in [6.07, 6.45) is 4.51. The summed E-state index contributed by atoms with van der Waals surface area (Å²) in [5.74, 6) is 1.51. The van der Waals surface area contributed by atoms with Gasteiger partial charge in [-0.3, -0.25) is 9.48 Å². The van der Waals surface area contributed by atoms with Gasteiger partial charge in [0, 0.05) is 11.4 Å². The number of methoxy groups -OCH3 is 1. The quantitative estimate of drug-likeness (QED) is 0.356. The predicted molar refractivity (Wildman–Crippen MR) is 114 cm³/mol. The summed E-state index contributed by atoms with van der Waals surface area (Å²) in [4.78, 5) is 20.5. The molecule has 3 aromatic rings. The maximum absolute atomic E-state index is 12.0. The first-order valence-corrected chi connectivity index (χ1v) is 10.3. The third-order valence-electron chi connectivity index (χ3n) is 3.75. The van der Waals surface area contributed by atoms with E-state index in [0.717, 1.165) is 0 Å². The van der Waals surface area contributed by atoms with Crippen LogP contribution in [0.25, 0.3) is 10.9 Å². The van der Waals surface area contributed by atoms with Gasteiger partial charge in [0.25, 0.3) is 0 Å². The standard InChI is InChI=1S/C20H23BrN4O5/c1-20(2,3)30-18(26)11-25-10-13(9-24-25)29-19-14-7-16(27-4)17(28-6-5-21)8-15(14)22-12-23-19/h7-10,12H,5-6,11H2,1-4H3. The number of rotatable bonds is 8. The summed E-state index contributed by atoms with van der Waals surface area (Å²) in [7, 11) is 1.56. The maximum Gasteiger partial charge on any atom is 0.328 e. The molecule has 0 saturated heterocycles. The molecule has 30 heavy (non-hydrogen) atoms. The van der Waals surface area contributed by atoms with Crippen molar-refractivity contribution in [2.45, 2.75) is 32.9 Å². The molecule has 9 nitrogen and oxygen atoms in total. The molecule has 0 bridgehead atoms. The topological polar surface area (TPSA) is 97.6 Å². The molecule has 10 heteroatoms.